The van der Waals surface area contributed by atoms with E-state index >= 15 is 0 Å². The molecule has 0 aliphatic carbocycles. The van der Waals surface area contributed by atoms with E-state index in [-0.39, 0.29) is 6.04 Å². The minimum atomic E-state index is 0.150. The van der Waals surface area contributed by atoms with Gasteiger partial charge in [0.2, 0.25) is 0 Å². The molecule has 1 unspecified atom stereocenters. The van der Waals surface area contributed by atoms with Crippen molar-refractivity contribution in [3.63, 3.8) is 0 Å². The molecule has 0 bridgehead atoms. The molecular formula is C9H18N4. The Morgan fingerprint density at radius 2 is 2.23 bits per heavy atom. The van der Waals surface area contributed by atoms with Crippen molar-refractivity contribution >= 4 is 0 Å². The summed E-state index contributed by atoms with van der Waals surface area (Å²) in [7, 11) is 1.92. The second kappa shape index (κ2) is 4.37. The molecule has 0 aromatic carbocycles. The minimum absolute atomic E-state index is 0.150. The molecule has 2 N–H and O–H groups in total. The summed E-state index contributed by atoms with van der Waals surface area (Å²) < 4.78 is 1.83. The van der Waals surface area contributed by atoms with Gasteiger partial charge in [-0.05, 0) is 13.3 Å². The van der Waals surface area contributed by atoms with Gasteiger partial charge in [0.1, 0.15) is 5.82 Å². The highest BCUT2D eigenvalue weighted by Crippen LogP contribution is 2.01. The molecule has 1 rings (SSSR count). The van der Waals surface area contributed by atoms with Crippen LogP contribution in [0.2, 0.25) is 0 Å². The van der Waals surface area contributed by atoms with Gasteiger partial charge in [-0.3, -0.25) is 4.68 Å². The van der Waals surface area contributed by atoms with Crippen molar-refractivity contribution in [2.45, 2.75) is 39.2 Å². The van der Waals surface area contributed by atoms with Gasteiger partial charge in [-0.25, -0.2) is 4.98 Å². The van der Waals surface area contributed by atoms with Crippen molar-refractivity contribution in [1.29, 1.82) is 0 Å². The topological polar surface area (TPSA) is 56.7 Å². The number of hydrogen-bond donors (Lipinski definition) is 1. The molecule has 1 atom stereocenters. The lowest BCUT2D eigenvalue weighted by atomic mass is 10.2. The van der Waals surface area contributed by atoms with Gasteiger partial charge in [-0.2, -0.15) is 5.10 Å². The molecule has 4 nitrogen and oxygen atoms in total. The van der Waals surface area contributed by atoms with Crippen LogP contribution in [0.1, 0.15) is 31.9 Å². The molecule has 4 heteroatoms. The smallest absolute Gasteiger partial charge is 0.150 e. The average molecular weight is 182 g/mol. The van der Waals surface area contributed by atoms with E-state index in [1.54, 1.807) is 0 Å². The Bertz CT molecular complexity index is 265. The Morgan fingerprint density at radius 3 is 2.77 bits per heavy atom. The average Bonchev–Trinajstić information content (AvgIpc) is 2.31. The summed E-state index contributed by atoms with van der Waals surface area (Å²) in [5, 5.41) is 4.30. The molecule has 0 radical (unpaired) electrons. The fourth-order valence-electron chi connectivity index (χ4n) is 1.27. The summed E-state index contributed by atoms with van der Waals surface area (Å²) in [5.41, 5.74) is 5.70. The highest BCUT2D eigenvalue weighted by Gasteiger charge is 2.07. The lowest BCUT2D eigenvalue weighted by Gasteiger charge is -2.02. The first-order chi connectivity index (χ1) is 6.13. The van der Waals surface area contributed by atoms with E-state index in [4.69, 9.17) is 5.73 Å². The van der Waals surface area contributed by atoms with Crippen LogP contribution in [-0.2, 0) is 19.9 Å². The molecule has 74 valence electrons. The zero-order chi connectivity index (χ0) is 9.84. The van der Waals surface area contributed by atoms with Crippen LogP contribution in [0.15, 0.2) is 0 Å². The van der Waals surface area contributed by atoms with E-state index in [0.717, 1.165) is 30.9 Å². The third-order valence-electron chi connectivity index (χ3n) is 1.88. The van der Waals surface area contributed by atoms with Gasteiger partial charge in [0, 0.05) is 25.9 Å². The maximum absolute atomic E-state index is 5.70. The highest BCUT2D eigenvalue weighted by atomic mass is 15.3. The van der Waals surface area contributed by atoms with Crippen LogP contribution in [0, 0.1) is 0 Å². The SMILES string of the molecule is CCCc1nc(CC(C)N)n(C)n1. The summed E-state index contributed by atoms with van der Waals surface area (Å²) in [6.45, 7) is 4.11. The monoisotopic (exact) mass is 182 g/mol. The Kier molecular flexibility index (Phi) is 3.42. The molecule has 1 aromatic heterocycles. The van der Waals surface area contributed by atoms with Gasteiger partial charge < -0.3 is 5.73 Å². The lowest BCUT2D eigenvalue weighted by molar-refractivity contribution is 0.636. The molecule has 1 heterocycles. The van der Waals surface area contributed by atoms with E-state index in [9.17, 15) is 0 Å². The first kappa shape index (κ1) is 10.2. The van der Waals surface area contributed by atoms with Crippen LogP contribution in [-0.4, -0.2) is 20.8 Å². The molecule has 13 heavy (non-hydrogen) atoms. The van der Waals surface area contributed by atoms with Gasteiger partial charge in [0.15, 0.2) is 5.82 Å². The number of rotatable bonds is 4. The molecule has 0 fully saturated rings. The van der Waals surface area contributed by atoms with Crippen LogP contribution in [0.5, 0.6) is 0 Å². The van der Waals surface area contributed by atoms with Crippen molar-refractivity contribution in [3.8, 4) is 0 Å². The highest BCUT2D eigenvalue weighted by molar-refractivity contribution is 4.94. The summed E-state index contributed by atoms with van der Waals surface area (Å²) in [5.74, 6) is 1.92. The van der Waals surface area contributed by atoms with Gasteiger partial charge in [0.05, 0.1) is 0 Å². The quantitative estimate of drug-likeness (QED) is 0.744. The van der Waals surface area contributed by atoms with Crippen LogP contribution in [0.3, 0.4) is 0 Å². The largest absolute Gasteiger partial charge is 0.328 e. The second-order valence-corrected chi connectivity index (χ2v) is 3.50. The molecule has 0 saturated heterocycles. The predicted octanol–water partition coefficient (Wildman–Crippen LogP) is 0.657. The summed E-state index contributed by atoms with van der Waals surface area (Å²) in [6, 6.07) is 0.150. The fraction of sp³-hybridized carbons (Fsp3) is 0.778. The van der Waals surface area contributed by atoms with Gasteiger partial charge in [-0.15, -0.1) is 0 Å². The standard InChI is InChI=1S/C9H18N4/c1-4-5-8-11-9(6-7(2)10)13(3)12-8/h7H,4-6,10H2,1-3H3. The second-order valence-electron chi connectivity index (χ2n) is 3.50. The Morgan fingerprint density at radius 1 is 1.54 bits per heavy atom. The Labute approximate surface area is 79.2 Å². The van der Waals surface area contributed by atoms with E-state index in [1.807, 2.05) is 18.7 Å². The maximum Gasteiger partial charge on any atom is 0.150 e. The van der Waals surface area contributed by atoms with Crippen molar-refractivity contribution in [3.05, 3.63) is 11.6 Å². The molecule has 0 saturated carbocycles. The Hall–Kier alpha value is -0.900. The third-order valence-corrected chi connectivity index (χ3v) is 1.88. The van der Waals surface area contributed by atoms with Gasteiger partial charge in [-0.1, -0.05) is 6.92 Å². The molecular weight excluding hydrogens is 164 g/mol. The number of nitrogens with two attached hydrogens (primary N) is 1. The number of aryl methyl sites for hydroxylation is 2. The fourth-order valence-corrected chi connectivity index (χ4v) is 1.27. The van der Waals surface area contributed by atoms with E-state index in [0.29, 0.717) is 0 Å². The summed E-state index contributed by atoms with van der Waals surface area (Å²) >= 11 is 0. The summed E-state index contributed by atoms with van der Waals surface area (Å²) in [4.78, 5) is 4.41. The molecule has 0 aliphatic rings. The normalized spacial score (nSPS) is 13.2. The van der Waals surface area contributed by atoms with Crippen LogP contribution in [0.25, 0.3) is 0 Å². The van der Waals surface area contributed by atoms with Crippen LogP contribution < -0.4 is 5.73 Å². The predicted molar refractivity (Wildman–Crippen MR) is 52.4 cm³/mol. The van der Waals surface area contributed by atoms with Crippen LogP contribution >= 0.6 is 0 Å². The van der Waals surface area contributed by atoms with Crippen molar-refractivity contribution in [2.24, 2.45) is 12.8 Å². The zero-order valence-corrected chi connectivity index (χ0v) is 8.62. The zero-order valence-electron chi connectivity index (χ0n) is 8.62. The van der Waals surface area contributed by atoms with Crippen molar-refractivity contribution in [2.75, 3.05) is 0 Å². The van der Waals surface area contributed by atoms with E-state index in [1.165, 1.54) is 0 Å². The lowest BCUT2D eigenvalue weighted by Crippen LogP contribution is -2.20. The number of nitrogens with zero attached hydrogens (tertiary/aromatic N) is 3. The van der Waals surface area contributed by atoms with Gasteiger partial charge in [0.25, 0.3) is 0 Å². The molecule has 0 aliphatic heterocycles. The van der Waals surface area contributed by atoms with E-state index in [2.05, 4.69) is 17.0 Å². The third kappa shape index (κ3) is 2.81. The Balaban J connectivity index is 2.71. The molecule has 0 amide bonds. The van der Waals surface area contributed by atoms with E-state index < -0.39 is 0 Å². The minimum Gasteiger partial charge on any atom is -0.328 e. The van der Waals surface area contributed by atoms with Gasteiger partial charge >= 0.3 is 0 Å². The van der Waals surface area contributed by atoms with Crippen molar-refractivity contribution in [1.82, 2.24) is 14.8 Å². The first-order valence-corrected chi connectivity index (χ1v) is 4.77. The number of hydrogen-bond acceptors (Lipinski definition) is 3. The molecule has 1 aromatic rings. The molecule has 0 spiro atoms. The maximum atomic E-state index is 5.70. The first-order valence-electron chi connectivity index (χ1n) is 4.77. The van der Waals surface area contributed by atoms with Crippen LogP contribution in [0.4, 0.5) is 0 Å². The van der Waals surface area contributed by atoms with Crippen molar-refractivity contribution < 1.29 is 0 Å². The summed E-state index contributed by atoms with van der Waals surface area (Å²) in [6.07, 6.45) is 2.83. The number of aromatic nitrogens is 3.